The van der Waals surface area contributed by atoms with Gasteiger partial charge in [-0.1, -0.05) is 26.7 Å². The van der Waals surface area contributed by atoms with Gasteiger partial charge in [0, 0.05) is 18.5 Å². The minimum atomic E-state index is 0.560. The highest BCUT2D eigenvalue weighted by Crippen LogP contribution is 2.41. The molecule has 0 spiro atoms. The van der Waals surface area contributed by atoms with Gasteiger partial charge in [-0.25, -0.2) is 4.98 Å². The molecule has 0 aliphatic carbocycles. The monoisotopic (exact) mass is 233 g/mol. The molecule has 1 saturated heterocycles. The summed E-state index contributed by atoms with van der Waals surface area (Å²) < 4.78 is 0. The number of nitrogen functional groups attached to an aromatic ring is 1. The number of hydrogen-bond donors (Lipinski definition) is 1. The Labute approximate surface area is 104 Å². The van der Waals surface area contributed by atoms with Crippen LogP contribution in [0, 0.1) is 5.41 Å². The van der Waals surface area contributed by atoms with Gasteiger partial charge in [0.1, 0.15) is 5.82 Å². The number of pyridine rings is 1. The molecule has 1 aliphatic rings. The van der Waals surface area contributed by atoms with Crippen molar-refractivity contribution < 1.29 is 0 Å². The van der Waals surface area contributed by atoms with Crippen LogP contribution in [0.1, 0.15) is 39.5 Å². The van der Waals surface area contributed by atoms with Crippen LogP contribution in [-0.2, 0) is 0 Å². The molecule has 1 fully saturated rings. The molecule has 1 aromatic rings. The molecule has 2 N–H and O–H groups in total. The molecule has 0 saturated carbocycles. The van der Waals surface area contributed by atoms with Crippen molar-refractivity contribution in [3.8, 4) is 0 Å². The topological polar surface area (TPSA) is 42.1 Å². The first-order valence-electron chi connectivity index (χ1n) is 6.65. The van der Waals surface area contributed by atoms with Crippen LogP contribution in [0.5, 0.6) is 0 Å². The van der Waals surface area contributed by atoms with Crippen LogP contribution in [0.2, 0.25) is 0 Å². The lowest BCUT2D eigenvalue weighted by Crippen LogP contribution is -2.56. The summed E-state index contributed by atoms with van der Waals surface area (Å²) in [6, 6.07) is 3.96. The van der Waals surface area contributed by atoms with Crippen molar-refractivity contribution >= 4 is 11.5 Å². The van der Waals surface area contributed by atoms with Crippen molar-refractivity contribution in [3.05, 3.63) is 18.3 Å². The second-order valence-corrected chi connectivity index (χ2v) is 5.30. The summed E-state index contributed by atoms with van der Waals surface area (Å²) in [6.07, 6.45) is 7.15. The Morgan fingerprint density at radius 1 is 1.24 bits per heavy atom. The van der Waals surface area contributed by atoms with E-state index in [-0.39, 0.29) is 0 Å². The van der Waals surface area contributed by atoms with Gasteiger partial charge < -0.3 is 10.6 Å². The van der Waals surface area contributed by atoms with Gasteiger partial charge in [0.05, 0.1) is 11.9 Å². The lowest BCUT2D eigenvalue weighted by Gasteiger charge is -2.52. The summed E-state index contributed by atoms with van der Waals surface area (Å²) >= 11 is 0. The largest absolute Gasteiger partial charge is 0.384 e. The fraction of sp³-hybridized carbons (Fsp3) is 0.643. The highest BCUT2D eigenvalue weighted by atomic mass is 15.2. The van der Waals surface area contributed by atoms with Gasteiger partial charge in [-0.3, -0.25) is 0 Å². The fourth-order valence-electron chi connectivity index (χ4n) is 3.03. The lowest BCUT2D eigenvalue weighted by molar-refractivity contribution is 0.173. The summed E-state index contributed by atoms with van der Waals surface area (Å²) in [5.74, 6) is 0.600. The first-order chi connectivity index (χ1) is 8.19. The summed E-state index contributed by atoms with van der Waals surface area (Å²) in [6.45, 7) is 6.93. The summed E-state index contributed by atoms with van der Waals surface area (Å²) in [4.78, 5) is 6.57. The first-order valence-corrected chi connectivity index (χ1v) is 6.65. The van der Waals surface area contributed by atoms with Crippen molar-refractivity contribution in [1.29, 1.82) is 0 Å². The third-order valence-electron chi connectivity index (χ3n) is 3.75. The Kier molecular flexibility index (Phi) is 3.55. The zero-order valence-electron chi connectivity index (χ0n) is 10.9. The highest BCUT2D eigenvalue weighted by molar-refractivity contribution is 5.50. The van der Waals surface area contributed by atoms with Crippen LogP contribution < -0.4 is 10.6 Å². The van der Waals surface area contributed by atoms with E-state index in [1.807, 2.05) is 12.3 Å². The molecule has 0 aromatic carbocycles. The minimum absolute atomic E-state index is 0.560. The standard InChI is InChI=1S/C14H23N3/c1-3-7-14(8-4-2)10-17(11-14)12-5-6-13(15)16-9-12/h5-6,9H,3-4,7-8,10-11H2,1-2H3,(H2,15,16). The SMILES string of the molecule is CCCC1(CCC)CN(c2ccc(N)nc2)C1. The number of anilines is 2. The Morgan fingerprint density at radius 3 is 2.35 bits per heavy atom. The van der Waals surface area contributed by atoms with Gasteiger partial charge in [0.15, 0.2) is 0 Å². The van der Waals surface area contributed by atoms with Crippen LogP contribution in [0.15, 0.2) is 18.3 Å². The van der Waals surface area contributed by atoms with E-state index in [1.54, 1.807) is 0 Å². The molecule has 17 heavy (non-hydrogen) atoms. The average molecular weight is 233 g/mol. The lowest BCUT2D eigenvalue weighted by atomic mass is 9.72. The molecule has 3 heteroatoms. The van der Waals surface area contributed by atoms with E-state index in [2.05, 4.69) is 29.8 Å². The molecular formula is C14H23N3. The number of aromatic nitrogens is 1. The molecule has 0 radical (unpaired) electrons. The predicted octanol–water partition coefficient (Wildman–Crippen LogP) is 3.07. The Morgan fingerprint density at radius 2 is 1.88 bits per heavy atom. The van der Waals surface area contributed by atoms with Gasteiger partial charge in [0.2, 0.25) is 0 Å². The molecule has 1 aromatic heterocycles. The molecule has 1 aliphatic heterocycles. The van der Waals surface area contributed by atoms with Gasteiger partial charge in [-0.2, -0.15) is 0 Å². The van der Waals surface area contributed by atoms with E-state index in [0.717, 1.165) is 0 Å². The molecule has 0 atom stereocenters. The molecule has 2 heterocycles. The van der Waals surface area contributed by atoms with Crippen LogP contribution in [0.3, 0.4) is 0 Å². The van der Waals surface area contributed by atoms with E-state index in [1.165, 1.54) is 44.5 Å². The van der Waals surface area contributed by atoms with Gasteiger partial charge >= 0.3 is 0 Å². The molecule has 0 amide bonds. The van der Waals surface area contributed by atoms with E-state index >= 15 is 0 Å². The smallest absolute Gasteiger partial charge is 0.123 e. The fourth-order valence-corrected chi connectivity index (χ4v) is 3.03. The van der Waals surface area contributed by atoms with Gasteiger partial charge in [0.25, 0.3) is 0 Å². The average Bonchev–Trinajstić information content (AvgIpc) is 2.27. The summed E-state index contributed by atoms with van der Waals surface area (Å²) in [5.41, 5.74) is 7.38. The molecule has 0 bridgehead atoms. The van der Waals surface area contributed by atoms with Crippen molar-refractivity contribution in [2.24, 2.45) is 5.41 Å². The Balaban J connectivity index is 1.98. The molecule has 94 valence electrons. The number of rotatable bonds is 5. The number of hydrogen-bond acceptors (Lipinski definition) is 3. The van der Waals surface area contributed by atoms with Crippen molar-refractivity contribution in [1.82, 2.24) is 4.98 Å². The molecule has 3 nitrogen and oxygen atoms in total. The van der Waals surface area contributed by atoms with E-state index in [4.69, 9.17) is 5.73 Å². The van der Waals surface area contributed by atoms with Crippen molar-refractivity contribution in [3.63, 3.8) is 0 Å². The molecule has 0 unspecified atom stereocenters. The summed E-state index contributed by atoms with van der Waals surface area (Å²) in [5, 5.41) is 0. The maximum absolute atomic E-state index is 5.61. The van der Waals surface area contributed by atoms with E-state index in [0.29, 0.717) is 11.2 Å². The quantitative estimate of drug-likeness (QED) is 0.850. The third kappa shape index (κ3) is 2.54. The highest BCUT2D eigenvalue weighted by Gasteiger charge is 2.41. The van der Waals surface area contributed by atoms with Crippen molar-refractivity contribution in [2.45, 2.75) is 39.5 Å². The van der Waals surface area contributed by atoms with Crippen LogP contribution in [-0.4, -0.2) is 18.1 Å². The maximum Gasteiger partial charge on any atom is 0.123 e. The number of nitrogens with zero attached hydrogens (tertiary/aromatic N) is 2. The summed E-state index contributed by atoms with van der Waals surface area (Å²) in [7, 11) is 0. The molecular weight excluding hydrogens is 210 g/mol. The number of nitrogens with two attached hydrogens (primary N) is 1. The Hall–Kier alpha value is -1.25. The van der Waals surface area contributed by atoms with E-state index in [9.17, 15) is 0 Å². The second kappa shape index (κ2) is 4.94. The minimum Gasteiger partial charge on any atom is -0.384 e. The zero-order valence-corrected chi connectivity index (χ0v) is 10.9. The second-order valence-electron chi connectivity index (χ2n) is 5.30. The van der Waals surface area contributed by atoms with Crippen molar-refractivity contribution in [2.75, 3.05) is 23.7 Å². The van der Waals surface area contributed by atoms with Crippen LogP contribution in [0.25, 0.3) is 0 Å². The van der Waals surface area contributed by atoms with Gasteiger partial charge in [-0.15, -0.1) is 0 Å². The van der Waals surface area contributed by atoms with Crippen LogP contribution >= 0.6 is 0 Å². The predicted molar refractivity (Wildman–Crippen MR) is 73.1 cm³/mol. The van der Waals surface area contributed by atoms with Crippen LogP contribution in [0.4, 0.5) is 11.5 Å². The molecule has 2 rings (SSSR count). The van der Waals surface area contributed by atoms with Gasteiger partial charge in [-0.05, 0) is 25.0 Å². The first kappa shape index (κ1) is 12.2. The normalized spacial score (nSPS) is 17.9. The Bertz CT molecular complexity index is 344. The van der Waals surface area contributed by atoms with E-state index < -0.39 is 0 Å². The third-order valence-corrected chi connectivity index (χ3v) is 3.75. The zero-order chi connectivity index (χ0) is 12.3. The maximum atomic E-state index is 5.61.